The van der Waals surface area contributed by atoms with Crippen LogP contribution >= 0.6 is 11.8 Å². The van der Waals surface area contributed by atoms with Gasteiger partial charge in [-0.1, -0.05) is 42.1 Å². The van der Waals surface area contributed by atoms with Gasteiger partial charge in [-0.3, -0.25) is 14.4 Å². The van der Waals surface area contributed by atoms with Crippen molar-refractivity contribution >= 4 is 46.5 Å². The standard InChI is InChI=1S/C27H23N3O3S/c31-25-14-17(16-29(25)19-6-2-1-3-7-19)26(32)28-18-10-13-22-24(15-18)34-23-9-5-4-8-21(23)27(33)30(22)20-11-12-20/h1-10,13,15,17,20H,11-12,14,16H2,(H,28,32)/t17-/m1/s1. The number of carbonyl (C=O) groups is 3. The molecule has 0 aromatic heterocycles. The largest absolute Gasteiger partial charge is 0.326 e. The van der Waals surface area contributed by atoms with Crippen molar-refractivity contribution in [3.8, 4) is 0 Å². The number of carbonyl (C=O) groups excluding carboxylic acids is 3. The van der Waals surface area contributed by atoms with E-state index in [9.17, 15) is 14.4 Å². The number of hydrogen-bond donors (Lipinski definition) is 1. The van der Waals surface area contributed by atoms with Crippen LogP contribution in [0.5, 0.6) is 0 Å². The summed E-state index contributed by atoms with van der Waals surface area (Å²) < 4.78 is 0. The van der Waals surface area contributed by atoms with Gasteiger partial charge in [0.15, 0.2) is 0 Å². The molecule has 6 nitrogen and oxygen atoms in total. The molecule has 1 N–H and O–H groups in total. The Hall–Kier alpha value is -3.58. The molecule has 0 unspecified atom stereocenters. The molecule has 170 valence electrons. The smallest absolute Gasteiger partial charge is 0.259 e. The molecule has 1 atom stereocenters. The Balaban J connectivity index is 1.25. The molecule has 1 aliphatic carbocycles. The first-order valence-corrected chi connectivity index (χ1v) is 12.3. The summed E-state index contributed by atoms with van der Waals surface area (Å²) in [7, 11) is 0. The lowest BCUT2D eigenvalue weighted by Gasteiger charge is -2.23. The number of amides is 3. The number of rotatable bonds is 4. The van der Waals surface area contributed by atoms with Crippen molar-refractivity contribution in [1.82, 2.24) is 0 Å². The maximum Gasteiger partial charge on any atom is 0.259 e. The summed E-state index contributed by atoms with van der Waals surface area (Å²) in [6.07, 6.45) is 2.20. The first-order valence-electron chi connectivity index (χ1n) is 11.5. The number of para-hydroxylation sites is 1. The first-order chi connectivity index (χ1) is 16.6. The Bertz CT molecular complexity index is 1310. The van der Waals surface area contributed by atoms with Crippen LogP contribution in [0.1, 0.15) is 29.6 Å². The van der Waals surface area contributed by atoms with E-state index in [1.54, 1.807) is 16.7 Å². The zero-order valence-electron chi connectivity index (χ0n) is 18.4. The third kappa shape index (κ3) is 3.76. The van der Waals surface area contributed by atoms with Crippen molar-refractivity contribution in [3.05, 3.63) is 78.4 Å². The van der Waals surface area contributed by atoms with Gasteiger partial charge in [0.2, 0.25) is 11.8 Å². The summed E-state index contributed by atoms with van der Waals surface area (Å²) in [5.74, 6) is -0.587. The second kappa shape index (κ2) is 8.33. The number of nitrogens with zero attached hydrogens (tertiary/aromatic N) is 2. The molecule has 0 radical (unpaired) electrons. The lowest BCUT2D eigenvalue weighted by Crippen LogP contribution is -2.33. The molecule has 0 bridgehead atoms. The van der Waals surface area contributed by atoms with Crippen molar-refractivity contribution in [3.63, 3.8) is 0 Å². The highest BCUT2D eigenvalue weighted by Crippen LogP contribution is 2.46. The molecule has 0 spiro atoms. The monoisotopic (exact) mass is 469 g/mol. The maximum atomic E-state index is 13.3. The molecule has 3 amide bonds. The number of nitrogens with one attached hydrogen (secondary N) is 1. The van der Waals surface area contributed by atoms with Crippen molar-refractivity contribution in [1.29, 1.82) is 0 Å². The van der Waals surface area contributed by atoms with E-state index in [1.807, 2.05) is 77.7 Å². The van der Waals surface area contributed by atoms with Gasteiger partial charge < -0.3 is 15.1 Å². The Morgan fingerprint density at radius 1 is 0.912 bits per heavy atom. The van der Waals surface area contributed by atoms with Gasteiger partial charge in [0.1, 0.15) is 0 Å². The van der Waals surface area contributed by atoms with Gasteiger partial charge in [-0.15, -0.1) is 0 Å². The normalized spacial score (nSPS) is 19.5. The second-order valence-corrected chi connectivity index (χ2v) is 10.0. The van der Waals surface area contributed by atoms with Gasteiger partial charge in [0.25, 0.3) is 5.91 Å². The molecule has 2 aliphatic heterocycles. The van der Waals surface area contributed by atoms with E-state index >= 15 is 0 Å². The zero-order chi connectivity index (χ0) is 23.2. The number of hydrogen-bond acceptors (Lipinski definition) is 4. The summed E-state index contributed by atoms with van der Waals surface area (Å²) >= 11 is 1.55. The van der Waals surface area contributed by atoms with Gasteiger partial charge in [-0.05, 0) is 55.3 Å². The van der Waals surface area contributed by atoms with E-state index in [-0.39, 0.29) is 30.2 Å². The van der Waals surface area contributed by atoms with Gasteiger partial charge in [-0.25, -0.2) is 0 Å². The third-order valence-electron chi connectivity index (χ3n) is 6.52. The van der Waals surface area contributed by atoms with Gasteiger partial charge >= 0.3 is 0 Å². The number of fused-ring (bicyclic) bond motifs is 2. The molecule has 2 fully saturated rings. The summed E-state index contributed by atoms with van der Waals surface area (Å²) in [6.45, 7) is 0.367. The highest BCUT2D eigenvalue weighted by Gasteiger charge is 2.38. The van der Waals surface area contributed by atoms with Crippen LogP contribution in [0.3, 0.4) is 0 Å². The molecule has 1 saturated carbocycles. The Morgan fingerprint density at radius 2 is 1.68 bits per heavy atom. The van der Waals surface area contributed by atoms with Crippen LogP contribution in [0.25, 0.3) is 0 Å². The highest BCUT2D eigenvalue weighted by molar-refractivity contribution is 7.99. The minimum atomic E-state index is -0.413. The van der Waals surface area contributed by atoms with Gasteiger partial charge in [0.05, 0.1) is 17.2 Å². The fourth-order valence-electron chi connectivity index (χ4n) is 4.64. The van der Waals surface area contributed by atoms with Crippen molar-refractivity contribution in [2.24, 2.45) is 5.92 Å². The SMILES string of the molecule is O=C(Nc1ccc2c(c1)Sc1ccccc1C(=O)N2C1CC1)[C@@H]1CC(=O)N(c2ccccc2)C1. The molecule has 3 aromatic carbocycles. The predicted octanol–water partition coefficient (Wildman–Crippen LogP) is 4.95. The molecular formula is C27H23N3O3S. The minimum Gasteiger partial charge on any atom is -0.326 e. The van der Waals surface area contributed by atoms with Crippen molar-refractivity contribution in [2.75, 3.05) is 21.7 Å². The van der Waals surface area contributed by atoms with Crippen molar-refractivity contribution < 1.29 is 14.4 Å². The second-order valence-electron chi connectivity index (χ2n) is 8.92. The third-order valence-corrected chi connectivity index (χ3v) is 7.64. The molecule has 6 rings (SSSR count). The van der Waals surface area contributed by atoms with Gasteiger partial charge in [0, 0.05) is 40.2 Å². The van der Waals surface area contributed by atoms with E-state index in [4.69, 9.17) is 0 Å². The quantitative estimate of drug-likeness (QED) is 0.587. The summed E-state index contributed by atoms with van der Waals surface area (Å²) in [4.78, 5) is 44.3. The van der Waals surface area contributed by atoms with E-state index in [1.165, 1.54) is 0 Å². The van der Waals surface area contributed by atoms with E-state index < -0.39 is 5.92 Å². The molecule has 3 aliphatic rings. The number of benzene rings is 3. The fourth-order valence-corrected chi connectivity index (χ4v) is 5.75. The van der Waals surface area contributed by atoms with E-state index in [0.717, 1.165) is 34.0 Å². The zero-order valence-corrected chi connectivity index (χ0v) is 19.3. The van der Waals surface area contributed by atoms with Crippen LogP contribution in [0, 0.1) is 5.92 Å². The Labute approximate surface area is 201 Å². The molecule has 1 saturated heterocycles. The highest BCUT2D eigenvalue weighted by atomic mass is 32.2. The van der Waals surface area contributed by atoms with E-state index in [2.05, 4.69) is 5.32 Å². The summed E-state index contributed by atoms with van der Waals surface area (Å²) in [5.41, 5.74) is 3.09. The van der Waals surface area contributed by atoms with Crippen LogP contribution in [-0.4, -0.2) is 30.3 Å². The molecule has 34 heavy (non-hydrogen) atoms. The molecular weight excluding hydrogens is 446 g/mol. The summed E-state index contributed by atoms with van der Waals surface area (Å²) in [6, 6.07) is 23.1. The van der Waals surface area contributed by atoms with Crippen LogP contribution in [0.2, 0.25) is 0 Å². The lowest BCUT2D eigenvalue weighted by molar-refractivity contribution is -0.122. The van der Waals surface area contributed by atoms with Crippen LogP contribution in [0.15, 0.2) is 82.6 Å². The van der Waals surface area contributed by atoms with Crippen LogP contribution in [0.4, 0.5) is 17.1 Å². The molecule has 2 heterocycles. The average molecular weight is 470 g/mol. The molecule has 7 heteroatoms. The van der Waals surface area contributed by atoms with Gasteiger partial charge in [-0.2, -0.15) is 0 Å². The first kappa shape index (κ1) is 21.0. The fraction of sp³-hybridized carbons (Fsp3) is 0.222. The maximum absolute atomic E-state index is 13.3. The Kier molecular flexibility index (Phi) is 5.14. The van der Waals surface area contributed by atoms with Crippen molar-refractivity contribution in [2.45, 2.75) is 35.1 Å². The predicted molar refractivity (Wildman–Crippen MR) is 132 cm³/mol. The van der Waals surface area contributed by atoms with Crippen LogP contribution in [-0.2, 0) is 9.59 Å². The summed E-state index contributed by atoms with van der Waals surface area (Å²) in [5, 5.41) is 3.01. The molecule has 3 aromatic rings. The lowest BCUT2D eigenvalue weighted by atomic mass is 10.1. The van der Waals surface area contributed by atoms with E-state index in [0.29, 0.717) is 17.8 Å². The minimum absolute atomic E-state index is 0.0339. The number of anilines is 3. The topological polar surface area (TPSA) is 69.7 Å². The Morgan fingerprint density at radius 3 is 2.47 bits per heavy atom. The van der Waals surface area contributed by atoms with Crippen LogP contribution < -0.4 is 15.1 Å². The average Bonchev–Trinajstić information content (AvgIpc) is 3.62.